The highest BCUT2D eigenvalue weighted by atomic mass is 16.7. The summed E-state index contributed by atoms with van der Waals surface area (Å²) in [6.07, 6.45) is -10.1. The van der Waals surface area contributed by atoms with E-state index in [-0.39, 0.29) is 64.2 Å². The van der Waals surface area contributed by atoms with Crippen molar-refractivity contribution in [3.05, 3.63) is 11.3 Å². The summed E-state index contributed by atoms with van der Waals surface area (Å²) in [5, 5.41) is 74.3. The molecule has 0 bridgehead atoms. The van der Waals surface area contributed by atoms with Crippen molar-refractivity contribution in [3.8, 4) is 0 Å². The van der Waals surface area contributed by atoms with E-state index in [1.54, 1.807) is 0 Å². The molecule has 5 fully saturated rings. The molecular weight excluding hydrogens is 716 g/mol. The number of carbonyl (C=O) groups is 3. The minimum atomic E-state index is -1.82. The molecule has 6 aliphatic rings. The first-order chi connectivity index (χ1) is 25.8. The third kappa shape index (κ3) is 7.35. The molecule has 0 aromatic rings. The smallest absolute Gasteiger partial charge is 0.335 e. The molecule has 0 spiro atoms. The molecule has 3 saturated carbocycles. The van der Waals surface area contributed by atoms with Gasteiger partial charge in [-0.1, -0.05) is 41.5 Å². The number of aliphatic hydroxyl groups excluding tert-OH is 6. The first kappa shape index (κ1) is 42.6. The van der Waals surface area contributed by atoms with Crippen LogP contribution in [0.1, 0.15) is 106 Å². The number of rotatable bonds is 11. The Labute approximate surface area is 323 Å². The Bertz CT molecular complexity index is 1480. The molecule has 2 saturated heterocycles. The number of ketones is 2. The highest BCUT2D eigenvalue weighted by Gasteiger charge is 2.64. The SMILES string of the molecule is CC[C@@H](C(=O)C[C@@H](C)C1=C(O)C(=O)[C@@H]2[C@@H]3CC[C@H]4C[C@@H](O[C@@H]5O[C@H](C(=O)O)[C@@H](O[C@H]6O[C@@H](C)[C@H](O)[C@@H](O)[C@H]6O)[C@H](O)[C@H]5O)CC[C@]4(C)[C@H]3CC[C@]12C)C(C)C. The van der Waals surface area contributed by atoms with E-state index in [4.69, 9.17) is 18.9 Å². The fourth-order valence-corrected chi connectivity index (χ4v) is 12.1. The number of ether oxygens (including phenoxy) is 4. The van der Waals surface area contributed by atoms with Gasteiger partial charge in [-0.05, 0) is 98.9 Å². The largest absolute Gasteiger partial charge is 0.504 e. The van der Waals surface area contributed by atoms with Crippen molar-refractivity contribution in [1.82, 2.24) is 0 Å². The molecule has 7 N–H and O–H groups in total. The van der Waals surface area contributed by atoms with Crippen LogP contribution in [0.5, 0.6) is 0 Å². The van der Waals surface area contributed by atoms with Crippen molar-refractivity contribution >= 4 is 17.5 Å². The van der Waals surface area contributed by atoms with E-state index in [0.717, 1.165) is 44.1 Å². The molecule has 0 unspecified atom stereocenters. The van der Waals surface area contributed by atoms with Gasteiger partial charge in [0.05, 0.1) is 12.2 Å². The lowest BCUT2D eigenvalue weighted by Crippen LogP contribution is -2.65. The first-order valence-corrected chi connectivity index (χ1v) is 20.5. The Morgan fingerprint density at radius 2 is 1.53 bits per heavy atom. The van der Waals surface area contributed by atoms with Gasteiger partial charge in [-0.25, -0.2) is 4.79 Å². The van der Waals surface area contributed by atoms with E-state index in [1.165, 1.54) is 6.92 Å². The highest BCUT2D eigenvalue weighted by molar-refractivity contribution is 6.00. The number of aliphatic hydroxyl groups is 6. The molecule has 312 valence electrons. The van der Waals surface area contributed by atoms with E-state index in [2.05, 4.69) is 27.7 Å². The average Bonchev–Trinajstić information content (AvgIpc) is 3.33. The maximum atomic E-state index is 14.0. The van der Waals surface area contributed by atoms with Crippen molar-refractivity contribution in [1.29, 1.82) is 0 Å². The maximum absolute atomic E-state index is 14.0. The monoisotopic (exact) mass is 780 g/mol. The van der Waals surface area contributed by atoms with Gasteiger partial charge >= 0.3 is 5.97 Å². The Balaban J connectivity index is 1.11. The summed E-state index contributed by atoms with van der Waals surface area (Å²) in [5.74, 6) is -1.52. The number of aliphatic carboxylic acids is 1. The molecule has 14 nitrogen and oxygen atoms in total. The summed E-state index contributed by atoms with van der Waals surface area (Å²) in [5.41, 5.74) is 0.120. The van der Waals surface area contributed by atoms with Crippen molar-refractivity contribution in [2.45, 2.75) is 174 Å². The van der Waals surface area contributed by atoms with E-state index in [9.17, 15) is 50.1 Å². The molecule has 0 aromatic carbocycles. The molecule has 55 heavy (non-hydrogen) atoms. The van der Waals surface area contributed by atoms with Gasteiger partial charge in [0.25, 0.3) is 0 Å². The van der Waals surface area contributed by atoms with Crippen molar-refractivity contribution in [2.24, 2.45) is 52.3 Å². The summed E-state index contributed by atoms with van der Waals surface area (Å²) < 4.78 is 23.0. The normalized spacial score (nSPS) is 47.1. The topological polar surface area (TPSA) is 230 Å². The van der Waals surface area contributed by atoms with Gasteiger partial charge in [0.2, 0.25) is 5.78 Å². The number of allylic oxidation sites excluding steroid dienone is 2. The molecule has 4 aliphatic carbocycles. The molecule has 2 aliphatic heterocycles. The fourth-order valence-electron chi connectivity index (χ4n) is 12.1. The van der Waals surface area contributed by atoms with Crippen LogP contribution in [-0.2, 0) is 33.3 Å². The van der Waals surface area contributed by atoms with E-state index < -0.39 is 78.9 Å². The molecule has 0 aromatic heterocycles. The lowest BCUT2D eigenvalue weighted by Gasteiger charge is -2.60. The third-order valence-corrected chi connectivity index (χ3v) is 15.0. The number of fused-ring (bicyclic) bond motifs is 5. The molecular formula is C41H64O14. The molecule has 6 rings (SSSR count). The fraction of sp³-hybridized carbons (Fsp3) is 0.878. The third-order valence-electron chi connectivity index (χ3n) is 15.0. The zero-order chi connectivity index (χ0) is 40.5. The van der Waals surface area contributed by atoms with E-state index in [0.29, 0.717) is 19.3 Å². The van der Waals surface area contributed by atoms with Crippen LogP contribution < -0.4 is 0 Å². The summed E-state index contributed by atoms with van der Waals surface area (Å²) in [6.45, 7) is 14.0. The number of carboxylic acid groups (broad SMARTS) is 1. The molecule has 0 amide bonds. The Morgan fingerprint density at radius 3 is 2.16 bits per heavy atom. The zero-order valence-electron chi connectivity index (χ0n) is 33.2. The zero-order valence-corrected chi connectivity index (χ0v) is 33.2. The van der Waals surface area contributed by atoms with Gasteiger partial charge in [-0.2, -0.15) is 0 Å². The van der Waals surface area contributed by atoms with Gasteiger partial charge in [0.1, 0.15) is 42.4 Å². The van der Waals surface area contributed by atoms with Crippen molar-refractivity contribution in [2.75, 3.05) is 0 Å². The van der Waals surface area contributed by atoms with E-state index in [1.807, 2.05) is 13.8 Å². The standard InChI is InChI=1S/C41H64O14/c1-8-22(17(2)3)25(42)15-18(4)26-29(44)30(45)27-23-10-9-20-16-21(11-13-40(20,6)24(23)12-14-41(26,27)7)53-39-34(49)32(47)35(36(55-39)37(50)51)54-38-33(48)31(46)28(43)19(5)52-38/h17-24,27-28,31-36,38-39,43-44,46-49H,8-16H2,1-7H3,(H,50,51)/t18-,19+,20+,21+,22-,23-,24+,27+,28+,31-,32-,33-,34-,35+,36+,38-,39-,40+,41-/m1/s1. The second kappa shape index (κ2) is 16.0. The number of hydrogen-bond acceptors (Lipinski definition) is 13. The average molecular weight is 781 g/mol. The van der Waals surface area contributed by atoms with Crippen LogP contribution in [0.2, 0.25) is 0 Å². The van der Waals surface area contributed by atoms with Crippen molar-refractivity contribution in [3.63, 3.8) is 0 Å². The van der Waals surface area contributed by atoms with Crippen LogP contribution in [0.25, 0.3) is 0 Å². The summed E-state index contributed by atoms with van der Waals surface area (Å²) in [4.78, 5) is 39.7. The summed E-state index contributed by atoms with van der Waals surface area (Å²) in [7, 11) is 0. The Morgan fingerprint density at radius 1 is 0.873 bits per heavy atom. The van der Waals surface area contributed by atoms with Gasteiger partial charge in [-0.15, -0.1) is 0 Å². The second-order valence-electron chi connectivity index (χ2n) is 18.5. The number of carboxylic acids is 1. The minimum Gasteiger partial charge on any atom is -0.504 e. The summed E-state index contributed by atoms with van der Waals surface area (Å²) in [6, 6.07) is 0. The first-order valence-electron chi connectivity index (χ1n) is 20.5. The predicted octanol–water partition coefficient (Wildman–Crippen LogP) is 3.04. The van der Waals surface area contributed by atoms with Crippen LogP contribution >= 0.6 is 0 Å². The maximum Gasteiger partial charge on any atom is 0.335 e. The Kier molecular flexibility index (Phi) is 12.4. The summed E-state index contributed by atoms with van der Waals surface area (Å²) >= 11 is 0. The van der Waals surface area contributed by atoms with Crippen LogP contribution in [0.4, 0.5) is 0 Å². The van der Waals surface area contributed by atoms with Crippen molar-refractivity contribution < 1.29 is 69.1 Å². The lowest BCUT2D eigenvalue weighted by atomic mass is 9.44. The quantitative estimate of drug-likeness (QED) is 0.150. The Hall–Kier alpha value is -2.01. The highest BCUT2D eigenvalue weighted by Crippen LogP contribution is 2.67. The number of hydrogen-bond donors (Lipinski definition) is 7. The predicted molar refractivity (Wildman–Crippen MR) is 195 cm³/mol. The van der Waals surface area contributed by atoms with Gasteiger partial charge in [-0.3, -0.25) is 9.59 Å². The molecule has 19 atom stereocenters. The van der Waals surface area contributed by atoms with Crippen LogP contribution in [0.15, 0.2) is 11.3 Å². The molecule has 14 heteroatoms. The number of carbonyl (C=O) groups excluding carboxylic acids is 2. The van der Waals surface area contributed by atoms with E-state index >= 15 is 0 Å². The van der Waals surface area contributed by atoms with Crippen LogP contribution in [0, 0.1) is 52.3 Å². The minimum absolute atomic E-state index is 0.0497. The van der Waals surface area contributed by atoms with Gasteiger partial charge in [0, 0.05) is 23.7 Å². The number of Topliss-reactive ketones (excluding diaryl/α,β-unsaturated/α-hetero) is 2. The molecule has 0 radical (unpaired) electrons. The van der Waals surface area contributed by atoms with Gasteiger partial charge < -0.3 is 54.7 Å². The van der Waals surface area contributed by atoms with Crippen LogP contribution in [0.3, 0.4) is 0 Å². The second-order valence-corrected chi connectivity index (χ2v) is 18.5. The van der Waals surface area contributed by atoms with Crippen LogP contribution in [-0.4, -0.2) is 121 Å². The lowest BCUT2D eigenvalue weighted by molar-refractivity contribution is -0.356. The molecule has 2 heterocycles. The van der Waals surface area contributed by atoms with Gasteiger partial charge in [0.15, 0.2) is 24.4 Å².